The first-order valence-electron chi connectivity index (χ1n) is 6.23. The molecule has 0 aromatic heterocycles. The van der Waals surface area contributed by atoms with Crippen LogP contribution in [0.5, 0.6) is 0 Å². The predicted molar refractivity (Wildman–Crippen MR) is 75.3 cm³/mol. The highest BCUT2D eigenvalue weighted by molar-refractivity contribution is 5.81. The predicted octanol–water partition coefficient (Wildman–Crippen LogP) is 2.58. The van der Waals surface area contributed by atoms with Crippen LogP contribution in [0.25, 0.3) is 0 Å². The maximum absolute atomic E-state index is 5.40. The van der Waals surface area contributed by atoms with Crippen molar-refractivity contribution in [3.8, 4) is 12.8 Å². The maximum atomic E-state index is 5.40. The Morgan fingerprint density at radius 3 is 2.61 bits per heavy atom. The van der Waals surface area contributed by atoms with Crippen LogP contribution in [0.2, 0.25) is 0 Å². The lowest BCUT2D eigenvalue weighted by Gasteiger charge is -2.13. The SMILES string of the molecule is C#C.c1ccc(CCONC2=NCCCC2)cc1. The largest absolute Gasteiger partial charge is 0.275 e. The second-order valence-electron chi connectivity index (χ2n) is 3.97. The van der Waals surface area contributed by atoms with Crippen LogP contribution in [0.15, 0.2) is 35.3 Å². The van der Waals surface area contributed by atoms with Crippen molar-refractivity contribution in [2.24, 2.45) is 4.99 Å². The molecule has 0 aliphatic carbocycles. The molecule has 96 valence electrons. The van der Waals surface area contributed by atoms with Gasteiger partial charge in [0.1, 0.15) is 5.84 Å². The molecule has 0 radical (unpaired) electrons. The van der Waals surface area contributed by atoms with Gasteiger partial charge in [-0.05, 0) is 24.8 Å². The smallest absolute Gasteiger partial charge is 0.120 e. The van der Waals surface area contributed by atoms with E-state index in [4.69, 9.17) is 4.84 Å². The summed E-state index contributed by atoms with van der Waals surface area (Å²) in [5, 5.41) is 0. The van der Waals surface area contributed by atoms with Crippen LogP contribution in [0.3, 0.4) is 0 Å². The molecule has 0 spiro atoms. The number of benzene rings is 1. The van der Waals surface area contributed by atoms with E-state index in [0.717, 1.165) is 25.2 Å². The number of amidine groups is 1. The molecule has 3 nitrogen and oxygen atoms in total. The molecule has 1 N–H and O–H groups in total. The molecule has 0 saturated heterocycles. The fourth-order valence-corrected chi connectivity index (χ4v) is 1.73. The van der Waals surface area contributed by atoms with Gasteiger partial charge in [0.05, 0.1) is 6.61 Å². The number of nitrogens with one attached hydrogen (secondary N) is 1. The summed E-state index contributed by atoms with van der Waals surface area (Å²) in [5.74, 6) is 0.999. The van der Waals surface area contributed by atoms with Gasteiger partial charge in [-0.3, -0.25) is 15.3 Å². The number of rotatable bonds is 4. The average molecular weight is 244 g/mol. The van der Waals surface area contributed by atoms with E-state index < -0.39 is 0 Å². The lowest BCUT2D eigenvalue weighted by atomic mass is 10.2. The summed E-state index contributed by atoms with van der Waals surface area (Å²) in [5.41, 5.74) is 4.24. The molecule has 1 aromatic carbocycles. The van der Waals surface area contributed by atoms with E-state index in [-0.39, 0.29) is 0 Å². The Kier molecular flexibility index (Phi) is 7.34. The molecule has 2 rings (SSSR count). The van der Waals surface area contributed by atoms with Crippen molar-refractivity contribution < 1.29 is 4.84 Å². The molecule has 1 aliphatic heterocycles. The van der Waals surface area contributed by atoms with Crippen LogP contribution >= 0.6 is 0 Å². The zero-order chi connectivity index (χ0) is 13.1. The number of hydroxylamine groups is 1. The molecule has 1 aromatic rings. The highest BCUT2D eigenvalue weighted by atomic mass is 16.6. The fourth-order valence-electron chi connectivity index (χ4n) is 1.73. The highest BCUT2D eigenvalue weighted by Gasteiger charge is 2.03. The first-order chi connectivity index (χ1) is 8.95. The summed E-state index contributed by atoms with van der Waals surface area (Å²) in [7, 11) is 0. The van der Waals surface area contributed by atoms with Crippen LogP contribution in [0, 0.1) is 12.8 Å². The van der Waals surface area contributed by atoms with Gasteiger partial charge in [-0.2, -0.15) is 0 Å². The molecule has 0 saturated carbocycles. The number of nitrogens with zero attached hydrogens (tertiary/aromatic N) is 1. The van der Waals surface area contributed by atoms with Crippen LogP contribution in [-0.2, 0) is 11.3 Å². The van der Waals surface area contributed by atoms with Crippen molar-refractivity contribution >= 4 is 5.84 Å². The Labute approximate surface area is 109 Å². The number of terminal acetylenes is 1. The summed E-state index contributed by atoms with van der Waals surface area (Å²) in [6.07, 6.45) is 12.4. The monoisotopic (exact) mass is 244 g/mol. The molecule has 18 heavy (non-hydrogen) atoms. The third kappa shape index (κ3) is 5.51. The van der Waals surface area contributed by atoms with Crippen molar-refractivity contribution in [3.05, 3.63) is 35.9 Å². The molecule has 0 fully saturated rings. The minimum atomic E-state index is 0.684. The van der Waals surface area contributed by atoms with Crippen LogP contribution in [0.4, 0.5) is 0 Å². The fraction of sp³-hybridized carbons (Fsp3) is 0.400. The van der Waals surface area contributed by atoms with Gasteiger partial charge in [-0.1, -0.05) is 30.3 Å². The molecule has 0 unspecified atom stereocenters. The van der Waals surface area contributed by atoms with Crippen molar-refractivity contribution in [1.29, 1.82) is 0 Å². The molecular formula is C15H20N2O. The molecule has 0 amide bonds. The average Bonchev–Trinajstić information content (AvgIpc) is 2.48. The van der Waals surface area contributed by atoms with Gasteiger partial charge >= 0.3 is 0 Å². The van der Waals surface area contributed by atoms with Gasteiger partial charge in [0.25, 0.3) is 0 Å². The Hall–Kier alpha value is -1.79. The quantitative estimate of drug-likeness (QED) is 0.502. The molecule has 3 heteroatoms. The summed E-state index contributed by atoms with van der Waals surface area (Å²) in [4.78, 5) is 9.75. The van der Waals surface area contributed by atoms with Gasteiger partial charge in [0, 0.05) is 13.0 Å². The Morgan fingerprint density at radius 1 is 1.17 bits per heavy atom. The lowest BCUT2D eigenvalue weighted by molar-refractivity contribution is 0.0854. The Morgan fingerprint density at radius 2 is 1.94 bits per heavy atom. The van der Waals surface area contributed by atoms with E-state index in [9.17, 15) is 0 Å². The van der Waals surface area contributed by atoms with Gasteiger partial charge in [-0.15, -0.1) is 12.8 Å². The lowest BCUT2D eigenvalue weighted by Crippen LogP contribution is -2.26. The zero-order valence-electron chi connectivity index (χ0n) is 10.6. The highest BCUT2D eigenvalue weighted by Crippen LogP contribution is 2.04. The molecule has 0 atom stereocenters. The molecule has 1 aliphatic rings. The minimum Gasteiger partial charge on any atom is -0.275 e. The van der Waals surface area contributed by atoms with Crippen molar-refractivity contribution in [3.63, 3.8) is 0 Å². The summed E-state index contributed by atoms with van der Waals surface area (Å²) < 4.78 is 0. The third-order valence-electron chi connectivity index (χ3n) is 2.65. The Balaban J connectivity index is 0.000000771. The van der Waals surface area contributed by atoms with E-state index in [2.05, 4.69) is 35.5 Å². The standard InChI is InChI=1S/C13H18N2O.C2H2/c1-2-6-12(7-3-1)9-11-16-15-13-8-4-5-10-14-13;1-2/h1-3,6-7H,4-5,8-11H2,(H,14,15);1-2H. The first kappa shape index (κ1) is 14.3. The molecular weight excluding hydrogens is 224 g/mol. The third-order valence-corrected chi connectivity index (χ3v) is 2.65. The van der Waals surface area contributed by atoms with Crippen molar-refractivity contribution in [2.75, 3.05) is 13.2 Å². The van der Waals surface area contributed by atoms with Crippen molar-refractivity contribution in [2.45, 2.75) is 25.7 Å². The number of aliphatic imine (C=N–C) groups is 1. The summed E-state index contributed by atoms with van der Waals surface area (Å²) >= 11 is 0. The Bertz CT molecular complexity index is 371. The van der Waals surface area contributed by atoms with Crippen LogP contribution in [-0.4, -0.2) is 19.0 Å². The van der Waals surface area contributed by atoms with Crippen LogP contribution in [0.1, 0.15) is 24.8 Å². The second-order valence-corrected chi connectivity index (χ2v) is 3.97. The second kappa shape index (κ2) is 9.26. The van der Waals surface area contributed by atoms with E-state index >= 15 is 0 Å². The normalized spacial score (nSPS) is 14.0. The van der Waals surface area contributed by atoms with E-state index in [1.165, 1.54) is 18.4 Å². The van der Waals surface area contributed by atoms with Crippen molar-refractivity contribution in [1.82, 2.24) is 5.48 Å². The van der Waals surface area contributed by atoms with Crippen LogP contribution < -0.4 is 5.48 Å². The minimum absolute atomic E-state index is 0.684. The number of hydrogen-bond acceptors (Lipinski definition) is 3. The number of hydrogen-bond donors (Lipinski definition) is 1. The maximum Gasteiger partial charge on any atom is 0.120 e. The summed E-state index contributed by atoms with van der Waals surface area (Å²) in [6.45, 7) is 1.62. The van der Waals surface area contributed by atoms with E-state index in [0.29, 0.717) is 6.61 Å². The first-order valence-corrected chi connectivity index (χ1v) is 6.23. The topological polar surface area (TPSA) is 33.6 Å². The van der Waals surface area contributed by atoms with Gasteiger partial charge < -0.3 is 0 Å². The molecule has 0 bridgehead atoms. The van der Waals surface area contributed by atoms with Gasteiger partial charge in [0.15, 0.2) is 0 Å². The van der Waals surface area contributed by atoms with E-state index in [1.807, 2.05) is 18.2 Å². The van der Waals surface area contributed by atoms with E-state index in [1.54, 1.807) is 0 Å². The van der Waals surface area contributed by atoms with Gasteiger partial charge in [-0.25, -0.2) is 0 Å². The zero-order valence-corrected chi connectivity index (χ0v) is 10.6. The van der Waals surface area contributed by atoms with Gasteiger partial charge in [0.2, 0.25) is 0 Å². The summed E-state index contributed by atoms with van der Waals surface area (Å²) in [6, 6.07) is 10.4. The molecule has 1 heterocycles.